The predicted molar refractivity (Wildman–Crippen MR) is 70.5 cm³/mol. The van der Waals surface area contributed by atoms with Gasteiger partial charge in [0.2, 0.25) is 0 Å². The van der Waals surface area contributed by atoms with Crippen molar-refractivity contribution in [3.05, 3.63) is 0 Å². The molecule has 0 saturated heterocycles. The molecule has 0 aliphatic rings. The number of hydrogen-bond donors (Lipinski definition) is 2. The Balaban J connectivity index is 3.81. The molecule has 0 aromatic rings. The van der Waals surface area contributed by atoms with Crippen LogP contribution in [0.5, 0.6) is 0 Å². The van der Waals surface area contributed by atoms with E-state index in [2.05, 4.69) is 32.7 Å². The van der Waals surface area contributed by atoms with Crippen LogP contribution in [-0.4, -0.2) is 42.3 Å². The largest absolute Gasteiger partial charge is 0.389 e. The Labute approximate surface area is 101 Å². The van der Waals surface area contributed by atoms with Crippen LogP contribution in [0.15, 0.2) is 0 Å². The monoisotopic (exact) mass is 230 g/mol. The number of nitrogens with two attached hydrogens (primary N) is 1. The summed E-state index contributed by atoms with van der Waals surface area (Å²) < 4.78 is 0. The minimum atomic E-state index is -0.650. The van der Waals surface area contributed by atoms with Crippen LogP contribution in [0.1, 0.15) is 47.0 Å². The van der Waals surface area contributed by atoms with Gasteiger partial charge in [0.15, 0.2) is 0 Å². The third-order valence-electron chi connectivity index (χ3n) is 2.96. The summed E-state index contributed by atoms with van der Waals surface area (Å²) in [6.45, 7) is 11.2. The minimum absolute atomic E-state index is 0.337. The zero-order valence-electron chi connectivity index (χ0n) is 11.7. The summed E-state index contributed by atoms with van der Waals surface area (Å²) in [5.41, 5.74) is 5.26. The molecule has 0 bridgehead atoms. The summed E-state index contributed by atoms with van der Waals surface area (Å²) in [6, 6.07) is 0. The third kappa shape index (κ3) is 7.20. The average Bonchev–Trinajstić information content (AvgIpc) is 2.14. The summed E-state index contributed by atoms with van der Waals surface area (Å²) in [5, 5.41) is 10.0. The molecule has 0 heterocycles. The van der Waals surface area contributed by atoms with Crippen molar-refractivity contribution in [1.29, 1.82) is 0 Å². The van der Waals surface area contributed by atoms with Crippen LogP contribution < -0.4 is 5.73 Å². The molecule has 0 rings (SSSR count). The molecule has 0 aromatic carbocycles. The van der Waals surface area contributed by atoms with E-state index in [1.807, 2.05) is 6.92 Å². The van der Waals surface area contributed by atoms with Crippen LogP contribution in [0.3, 0.4) is 0 Å². The molecular formula is C13H30N2O. The molecule has 3 nitrogen and oxygen atoms in total. The molecule has 0 amide bonds. The van der Waals surface area contributed by atoms with Crippen molar-refractivity contribution in [2.75, 3.05) is 26.7 Å². The Morgan fingerprint density at radius 3 is 2.19 bits per heavy atom. The Morgan fingerprint density at radius 2 is 1.81 bits per heavy atom. The van der Waals surface area contributed by atoms with Gasteiger partial charge in [0.05, 0.1) is 5.60 Å². The molecule has 0 aromatic heterocycles. The van der Waals surface area contributed by atoms with E-state index in [0.717, 1.165) is 32.4 Å². The summed E-state index contributed by atoms with van der Waals surface area (Å²) >= 11 is 0. The molecule has 1 unspecified atom stereocenters. The lowest BCUT2D eigenvalue weighted by Gasteiger charge is -2.29. The van der Waals surface area contributed by atoms with E-state index in [1.165, 1.54) is 0 Å². The van der Waals surface area contributed by atoms with E-state index in [4.69, 9.17) is 5.73 Å². The van der Waals surface area contributed by atoms with Gasteiger partial charge in [0.1, 0.15) is 0 Å². The molecule has 0 radical (unpaired) electrons. The van der Waals surface area contributed by atoms with Gasteiger partial charge in [-0.1, -0.05) is 27.7 Å². The minimum Gasteiger partial charge on any atom is -0.389 e. The van der Waals surface area contributed by atoms with Gasteiger partial charge in [-0.25, -0.2) is 0 Å². The van der Waals surface area contributed by atoms with Crippen molar-refractivity contribution >= 4 is 0 Å². The summed E-state index contributed by atoms with van der Waals surface area (Å²) in [5.74, 6) is 0. The highest BCUT2D eigenvalue weighted by atomic mass is 16.3. The summed E-state index contributed by atoms with van der Waals surface area (Å²) in [4.78, 5) is 2.33. The van der Waals surface area contributed by atoms with Crippen LogP contribution in [0.25, 0.3) is 0 Å². The van der Waals surface area contributed by atoms with Crippen molar-refractivity contribution in [2.24, 2.45) is 11.1 Å². The highest BCUT2D eigenvalue weighted by Gasteiger charge is 2.22. The second kappa shape index (κ2) is 6.58. The Morgan fingerprint density at radius 1 is 1.25 bits per heavy atom. The highest BCUT2D eigenvalue weighted by molar-refractivity contribution is 4.78. The molecule has 3 N–H and O–H groups in total. The van der Waals surface area contributed by atoms with Crippen LogP contribution in [0.2, 0.25) is 0 Å². The number of rotatable bonds is 7. The van der Waals surface area contributed by atoms with Crippen LogP contribution in [0.4, 0.5) is 0 Å². The van der Waals surface area contributed by atoms with E-state index >= 15 is 0 Å². The highest BCUT2D eigenvalue weighted by Crippen LogP contribution is 2.17. The van der Waals surface area contributed by atoms with Crippen molar-refractivity contribution in [2.45, 2.75) is 52.6 Å². The maximum Gasteiger partial charge on any atom is 0.0767 e. The van der Waals surface area contributed by atoms with Gasteiger partial charge >= 0.3 is 0 Å². The van der Waals surface area contributed by atoms with E-state index in [-0.39, 0.29) is 0 Å². The zero-order valence-corrected chi connectivity index (χ0v) is 11.7. The SMILES string of the molecule is CCC(O)(CN)CCCN(C)CC(C)(C)C. The number of nitrogens with zero attached hydrogens (tertiary/aromatic N) is 1. The summed E-state index contributed by atoms with van der Waals surface area (Å²) in [7, 11) is 2.14. The smallest absolute Gasteiger partial charge is 0.0767 e. The summed E-state index contributed by atoms with van der Waals surface area (Å²) in [6.07, 6.45) is 2.55. The Hall–Kier alpha value is -0.120. The lowest BCUT2D eigenvalue weighted by molar-refractivity contribution is 0.0316. The second-order valence-electron chi connectivity index (χ2n) is 6.18. The maximum atomic E-state index is 10.0. The molecule has 0 fully saturated rings. The second-order valence-corrected chi connectivity index (χ2v) is 6.18. The normalized spacial score (nSPS) is 16.5. The fourth-order valence-corrected chi connectivity index (χ4v) is 1.99. The fourth-order valence-electron chi connectivity index (χ4n) is 1.99. The zero-order chi connectivity index (χ0) is 12.8. The molecule has 3 heteroatoms. The molecular weight excluding hydrogens is 200 g/mol. The first-order valence-electron chi connectivity index (χ1n) is 6.33. The Bertz CT molecular complexity index is 183. The van der Waals surface area contributed by atoms with Gasteiger partial charge < -0.3 is 15.7 Å². The Kier molecular flexibility index (Phi) is 6.53. The average molecular weight is 230 g/mol. The standard InChI is InChI=1S/C13H30N2O/c1-6-13(16,10-14)8-7-9-15(5)11-12(2,3)4/h16H,6-11,14H2,1-5H3. The van der Waals surface area contributed by atoms with Gasteiger partial charge in [-0.2, -0.15) is 0 Å². The fraction of sp³-hybridized carbons (Fsp3) is 1.00. The lowest BCUT2D eigenvalue weighted by Crippen LogP contribution is -2.38. The van der Waals surface area contributed by atoms with Gasteiger partial charge in [0, 0.05) is 13.1 Å². The topological polar surface area (TPSA) is 49.5 Å². The van der Waals surface area contributed by atoms with Gasteiger partial charge in [-0.3, -0.25) is 0 Å². The molecule has 98 valence electrons. The van der Waals surface area contributed by atoms with E-state index in [1.54, 1.807) is 0 Å². The van der Waals surface area contributed by atoms with Gasteiger partial charge in [-0.05, 0) is 38.3 Å². The van der Waals surface area contributed by atoms with Gasteiger partial charge in [0.25, 0.3) is 0 Å². The molecule has 0 aliphatic heterocycles. The van der Waals surface area contributed by atoms with Crippen LogP contribution in [-0.2, 0) is 0 Å². The van der Waals surface area contributed by atoms with Crippen LogP contribution in [0, 0.1) is 5.41 Å². The van der Waals surface area contributed by atoms with Crippen molar-refractivity contribution in [3.63, 3.8) is 0 Å². The van der Waals surface area contributed by atoms with Crippen molar-refractivity contribution in [1.82, 2.24) is 4.90 Å². The van der Waals surface area contributed by atoms with E-state index in [9.17, 15) is 5.11 Å². The third-order valence-corrected chi connectivity index (χ3v) is 2.96. The van der Waals surface area contributed by atoms with Gasteiger partial charge in [-0.15, -0.1) is 0 Å². The first kappa shape index (κ1) is 15.9. The molecule has 0 spiro atoms. The molecule has 0 saturated carbocycles. The molecule has 1 atom stereocenters. The predicted octanol–water partition coefficient (Wildman–Crippen LogP) is 1.84. The first-order valence-corrected chi connectivity index (χ1v) is 6.33. The maximum absolute atomic E-state index is 10.0. The lowest BCUT2D eigenvalue weighted by atomic mass is 9.94. The van der Waals surface area contributed by atoms with Crippen LogP contribution >= 0.6 is 0 Å². The number of aliphatic hydroxyl groups is 1. The number of hydrogen-bond acceptors (Lipinski definition) is 3. The molecule has 0 aliphatic carbocycles. The molecule has 16 heavy (non-hydrogen) atoms. The van der Waals surface area contributed by atoms with Crippen molar-refractivity contribution in [3.8, 4) is 0 Å². The quantitative estimate of drug-likeness (QED) is 0.701. The van der Waals surface area contributed by atoms with E-state index in [0.29, 0.717) is 12.0 Å². The van der Waals surface area contributed by atoms with Crippen molar-refractivity contribution < 1.29 is 5.11 Å². The van der Waals surface area contributed by atoms with E-state index < -0.39 is 5.60 Å². The first-order chi connectivity index (χ1) is 7.22.